The molecule has 144 valence electrons. The second-order valence-corrected chi connectivity index (χ2v) is 6.15. The molecular weight excluding hydrogens is 360 g/mol. The minimum absolute atomic E-state index is 0.00696. The number of pyridine rings is 1. The second-order valence-electron chi connectivity index (χ2n) is 6.15. The lowest BCUT2D eigenvalue weighted by Crippen LogP contribution is -2.15. The first-order chi connectivity index (χ1) is 13.6. The van der Waals surface area contributed by atoms with Crippen LogP contribution in [0.4, 0.5) is 5.69 Å². The van der Waals surface area contributed by atoms with Gasteiger partial charge in [-0.3, -0.25) is 19.4 Å². The highest BCUT2D eigenvalue weighted by atomic mass is 16.5. The first-order valence-corrected chi connectivity index (χ1v) is 8.92. The molecule has 2 aromatic heterocycles. The molecule has 2 N–H and O–H groups in total. The number of benzene rings is 1. The maximum Gasteiger partial charge on any atom is 0.306 e. The van der Waals surface area contributed by atoms with Crippen LogP contribution in [0.2, 0.25) is 0 Å². The fraction of sp³-hybridized carbons (Fsp3) is 0.250. The van der Waals surface area contributed by atoms with E-state index in [9.17, 15) is 14.4 Å². The van der Waals surface area contributed by atoms with Gasteiger partial charge in [-0.15, -0.1) is 0 Å². The maximum atomic E-state index is 12.2. The van der Waals surface area contributed by atoms with Gasteiger partial charge >= 0.3 is 5.97 Å². The number of aromatic nitrogens is 3. The van der Waals surface area contributed by atoms with E-state index < -0.39 is 5.97 Å². The number of hydrogen-bond donors (Lipinski definition) is 2. The topological polar surface area (TPSA) is 114 Å². The van der Waals surface area contributed by atoms with E-state index in [2.05, 4.69) is 20.5 Å². The van der Waals surface area contributed by atoms with Crippen LogP contribution in [0.15, 0.2) is 47.5 Å². The third-order valence-corrected chi connectivity index (χ3v) is 4.11. The number of ether oxygens (including phenoxy) is 1. The van der Waals surface area contributed by atoms with Gasteiger partial charge in [-0.2, -0.15) is 5.10 Å². The Morgan fingerprint density at radius 2 is 2.04 bits per heavy atom. The summed E-state index contributed by atoms with van der Waals surface area (Å²) in [6.45, 7) is 1.99. The van der Waals surface area contributed by atoms with E-state index in [0.29, 0.717) is 28.6 Å². The molecular formula is C20H20N4O4. The Labute approximate surface area is 161 Å². The van der Waals surface area contributed by atoms with Gasteiger partial charge < -0.3 is 10.1 Å². The van der Waals surface area contributed by atoms with Gasteiger partial charge in [0, 0.05) is 36.3 Å². The normalized spacial score (nSPS) is 10.6. The Morgan fingerprint density at radius 1 is 1.18 bits per heavy atom. The van der Waals surface area contributed by atoms with Gasteiger partial charge in [-0.05, 0) is 30.7 Å². The van der Waals surface area contributed by atoms with Gasteiger partial charge in [0.2, 0.25) is 5.91 Å². The molecule has 3 rings (SSSR count). The molecule has 0 atom stereocenters. The van der Waals surface area contributed by atoms with Crippen molar-refractivity contribution in [2.24, 2.45) is 0 Å². The van der Waals surface area contributed by atoms with Crippen molar-refractivity contribution in [3.63, 3.8) is 0 Å². The number of nitrogens with one attached hydrogen (secondary N) is 2. The van der Waals surface area contributed by atoms with Crippen LogP contribution in [0.1, 0.15) is 31.0 Å². The van der Waals surface area contributed by atoms with Crippen molar-refractivity contribution >= 4 is 28.3 Å². The molecule has 0 spiro atoms. The summed E-state index contributed by atoms with van der Waals surface area (Å²) in [4.78, 5) is 39.7. The zero-order chi connectivity index (χ0) is 19.9. The van der Waals surface area contributed by atoms with Crippen molar-refractivity contribution in [1.29, 1.82) is 0 Å². The van der Waals surface area contributed by atoms with Crippen molar-refractivity contribution in [1.82, 2.24) is 15.2 Å². The van der Waals surface area contributed by atoms with Gasteiger partial charge in [0.05, 0.1) is 24.1 Å². The lowest BCUT2D eigenvalue weighted by Gasteiger charge is -2.09. The van der Waals surface area contributed by atoms with Crippen LogP contribution in [0.25, 0.3) is 10.8 Å². The summed E-state index contributed by atoms with van der Waals surface area (Å²) in [6.07, 6.45) is 3.98. The van der Waals surface area contributed by atoms with E-state index in [0.717, 1.165) is 5.56 Å². The Balaban J connectivity index is 1.78. The summed E-state index contributed by atoms with van der Waals surface area (Å²) in [5.41, 5.74) is 1.82. The van der Waals surface area contributed by atoms with Crippen molar-refractivity contribution < 1.29 is 14.3 Å². The van der Waals surface area contributed by atoms with Gasteiger partial charge in [0.1, 0.15) is 0 Å². The number of amides is 1. The number of carbonyl (C=O) groups is 2. The quantitative estimate of drug-likeness (QED) is 0.607. The summed E-state index contributed by atoms with van der Waals surface area (Å²) in [6, 6.07) is 8.84. The van der Waals surface area contributed by atoms with Crippen molar-refractivity contribution in [2.45, 2.75) is 26.2 Å². The van der Waals surface area contributed by atoms with Crippen molar-refractivity contribution in [3.8, 4) is 0 Å². The van der Waals surface area contributed by atoms with Gasteiger partial charge in [-0.1, -0.05) is 12.1 Å². The third-order valence-electron chi connectivity index (χ3n) is 4.11. The second kappa shape index (κ2) is 8.90. The maximum absolute atomic E-state index is 12.2. The van der Waals surface area contributed by atoms with Crippen LogP contribution < -0.4 is 10.9 Å². The van der Waals surface area contributed by atoms with Gasteiger partial charge in [0.25, 0.3) is 5.56 Å². The molecule has 0 aliphatic heterocycles. The molecule has 0 radical (unpaired) electrons. The standard InChI is InChI=1S/C20H20N4O4/c1-2-28-19(26)8-7-18(25)22-14-5-6-15-16(11-14)20(27)24-23-17(15)10-13-4-3-9-21-12-13/h3-6,9,11-12H,2,7-8,10H2,1H3,(H,22,25)(H,24,27). The Kier molecular flexibility index (Phi) is 6.11. The van der Waals surface area contributed by atoms with E-state index >= 15 is 0 Å². The SMILES string of the molecule is CCOC(=O)CCC(=O)Nc1ccc2c(Cc3cccnc3)n[nH]c(=O)c2c1. The molecule has 0 saturated heterocycles. The molecule has 3 aromatic rings. The number of anilines is 1. The molecule has 0 saturated carbocycles. The minimum atomic E-state index is -0.418. The fourth-order valence-electron chi connectivity index (χ4n) is 2.80. The Bertz CT molecular complexity index is 1050. The zero-order valence-electron chi connectivity index (χ0n) is 15.4. The largest absolute Gasteiger partial charge is 0.466 e. The molecule has 1 aromatic carbocycles. The van der Waals surface area contributed by atoms with Gasteiger partial charge in [0.15, 0.2) is 0 Å². The zero-order valence-corrected chi connectivity index (χ0v) is 15.4. The van der Waals surface area contributed by atoms with Crippen LogP contribution in [0, 0.1) is 0 Å². The fourth-order valence-corrected chi connectivity index (χ4v) is 2.80. The molecule has 0 aliphatic rings. The minimum Gasteiger partial charge on any atom is -0.466 e. The molecule has 8 heteroatoms. The molecule has 8 nitrogen and oxygen atoms in total. The van der Waals surface area contributed by atoms with E-state index in [1.165, 1.54) is 0 Å². The average Bonchev–Trinajstić information content (AvgIpc) is 2.70. The average molecular weight is 380 g/mol. The predicted octanol–water partition coefficient (Wildman–Crippen LogP) is 2.19. The number of aromatic amines is 1. The van der Waals surface area contributed by atoms with Crippen LogP contribution in [0.5, 0.6) is 0 Å². The molecule has 1 amide bonds. The lowest BCUT2D eigenvalue weighted by atomic mass is 10.1. The van der Waals surface area contributed by atoms with Crippen molar-refractivity contribution in [2.75, 3.05) is 11.9 Å². The number of esters is 1. The molecule has 0 unspecified atom stereocenters. The van der Waals surface area contributed by atoms with E-state index in [4.69, 9.17) is 4.74 Å². The lowest BCUT2D eigenvalue weighted by molar-refractivity contribution is -0.144. The highest BCUT2D eigenvalue weighted by Gasteiger charge is 2.11. The summed E-state index contributed by atoms with van der Waals surface area (Å²) < 4.78 is 4.80. The first-order valence-electron chi connectivity index (χ1n) is 8.92. The number of fused-ring (bicyclic) bond motifs is 1. The van der Waals surface area contributed by atoms with Gasteiger partial charge in [-0.25, -0.2) is 5.10 Å². The number of rotatable bonds is 7. The molecule has 0 bridgehead atoms. The highest BCUT2D eigenvalue weighted by molar-refractivity contribution is 5.95. The first kappa shape index (κ1) is 19.2. The van der Waals surface area contributed by atoms with Crippen LogP contribution in [0.3, 0.4) is 0 Å². The summed E-state index contributed by atoms with van der Waals surface area (Å²) in [5.74, 6) is -0.743. The summed E-state index contributed by atoms with van der Waals surface area (Å²) in [5, 5.41) is 10.5. The highest BCUT2D eigenvalue weighted by Crippen LogP contribution is 2.20. The van der Waals surface area contributed by atoms with E-state index in [-0.39, 0.29) is 30.9 Å². The Hall–Kier alpha value is -3.55. The van der Waals surface area contributed by atoms with Crippen LogP contribution in [-0.4, -0.2) is 33.7 Å². The molecule has 0 fully saturated rings. The smallest absolute Gasteiger partial charge is 0.306 e. The molecule has 0 aliphatic carbocycles. The summed E-state index contributed by atoms with van der Waals surface area (Å²) >= 11 is 0. The molecule has 2 heterocycles. The van der Waals surface area contributed by atoms with E-state index in [1.807, 2.05) is 12.1 Å². The van der Waals surface area contributed by atoms with Crippen LogP contribution in [-0.2, 0) is 20.7 Å². The monoisotopic (exact) mass is 380 g/mol. The number of nitrogens with zero attached hydrogens (tertiary/aromatic N) is 2. The Morgan fingerprint density at radius 3 is 2.79 bits per heavy atom. The molecule has 28 heavy (non-hydrogen) atoms. The van der Waals surface area contributed by atoms with Crippen molar-refractivity contribution in [3.05, 3.63) is 64.3 Å². The van der Waals surface area contributed by atoms with Crippen LogP contribution >= 0.6 is 0 Å². The number of carbonyl (C=O) groups excluding carboxylic acids is 2. The third kappa shape index (κ3) is 4.79. The number of H-pyrrole nitrogens is 1. The predicted molar refractivity (Wildman–Crippen MR) is 104 cm³/mol. The van der Waals surface area contributed by atoms with E-state index in [1.54, 1.807) is 37.5 Å². The number of hydrogen-bond acceptors (Lipinski definition) is 6. The summed E-state index contributed by atoms with van der Waals surface area (Å²) in [7, 11) is 0.